The van der Waals surface area contributed by atoms with Crippen molar-refractivity contribution in [2.45, 2.75) is 58.9 Å². The second kappa shape index (κ2) is 5.17. The first-order valence-electron chi connectivity index (χ1n) is 6.35. The zero-order valence-corrected chi connectivity index (χ0v) is 11.4. The lowest BCUT2D eigenvalue weighted by molar-refractivity contribution is 0.502. The van der Waals surface area contributed by atoms with Crippen LogP contribution in [0.3, 0.4) is 0 Å². The normalized spacial score (nSPS) is 26.4. The predicted molar refractivity (Wildman–Crippen MR) is 71.2 cm³/mol. The lowest BCUT2D eigenvalue weighted by Gasteiger charge is -2.15. The summed E-state index contributed by atoms with van der Waals surface area (Å²) in [5.41, 5.74) is 1.18. The third-order valence-corrected chi connectivity index (χ3v) is 4.62. The van der Waals surface area contributed by atoms with Gasteiger partial charge in [-0.2, -0.15) is 0 Å². The summed E-state index contributed by atoms with van der Waals surface area (Å²) >= 11 is 1.79. The molecule has 0 aliphatic heterocycles. The third kappa shape index (κ3) is 2.97. The number of anilines is 1. The lowest BCUT2D eigenvalue weighted by atomic mass is 10.0. The molecule has 0 aromatic carbocycles. The summed E-state index contributed by atoms with van der Waals surface area (Å²) in [4.78, 5) is 5.90. The number of nitrogens with one attached hydrogen (secondary N) is 1. The first-order chi connectivity index (χ1) is 7.65. The largest absolute Gasteiger partial charge is 0.359 e. The van der Waals surface area contributed by atoms with Crippen LogP contribution < -0.4 is 5.32 Å². The van der Waals surface area contributed by atoms with E-state index < -0.39 is 0 Å². The average Bonchev–Trinajstić information content (AvgIpc) is 2.44. The Morgan fingerprint density at radius 3 is 2.69 bits per heavy atom. The quantitative estimate of drug-likeness (QED) is 0.783. The Morgan fingerprint density at radius 1 is 1.19 bits per heavy atom. The van der Waals surface area contributed by atoms with Gasteiger partial charge < -0.3 is 5.32 Å². The second-order valence-corrected chi connectivity index (χ2v) is 6.32. The molecule has 2 unspecified atom stereocenters. The van der Waals surface area contributed by atoms with E-state index in [0.717, 1.165) is 11.0 Å². The summed E-state index contributed by atoms with van der Waals surface area (Å²) in [6, 6.07) is 0.648. The summed E-state index contributed by atoms with van der Waals surface area (Å²) in [5, 5.41) is 4.73. The molecule has 16 heavy (non-hydrogen) atoms. The highest BCUT2D eigenvalue weighted by molar-refractivity contribution is 7.15. The highest BCUT2D eigenvalue weighted by Gasteiger charge is 2.17. The molecule has 1 saturated carbocycles. The molecule has 2 nitrogen and oxygen atoms in total. The van der Waals surface area contributed by atoms with Crippen LogP contribution in [0.1, 0.15) is 49.6 Å². The van der Waals surface area contributed by atoms with Gasteiger partial charge in [-0.1, -0.05) is 19.8 Å². The van der Waals surface area contributed by atoms with Gasteiger partial charge in [0.05, 0.1) is 5.69 Å². The summed E-state index contributed by atoms with van der Waals surface area (Å²) < 4.78 is 0. The van der Waals surface area contributed by atoms with Crippen molar-refractivity contribution < 1.29 is 0 Å². The molecule has 3 heteroatoms. The van der Waals surface area contributed by atoms with Gasteiger partial charge in [0, 0.05) is 10.9 Å². The van der Waals surface area contributed by atoms with E-state index >= 15 is 0 Å². The minimum atomic E-state index is 0.648. The van der Waals surface area contributed by atoms with Crippen molar-refractivity contribution in [1.82, 2.24) is 4.98 Å². The van der Waals surface area contributed by atoms with Gasteiger partial charge in [0.25, 0.3) is 0 Å². The maximum absolute atomic E-state index is 4.56. The van der Waals surface area contributed by atoms with Gasteiger partial charge in [0.2, 0.25) is 0 Å². The topological polar surface area (TPSA) is 24.9 Å². The maximum Gasteiger partial charge on any atom is 0.183 e. The molecule has 0 bridgehead atoms. The molecule has 1 aromatic heterocycles. The van der Waals surface area contributed by atoms with Crippen LogP contribution in [0, 0.1) is 19.8 Å². The first kappa shape index (κ1) is 11.9. The molecule has 2 atom stereocenters. The standard InChI is InChI=1S/C13H22N2S/c1-9-5-4-6-12(8-7-9)15-13-14-10(2)11(3)16-13/h9,12H,4-8H2,1-3H3,(H,14,15). The van der Waals surface area contributed by atoms with Crippen LogP contribution in [0.2, 0.25) is 0 Å². The van der Waals surface area contributed by atoms with Gasteiger partial charge in [-0.3, -0.25) is 0 Å². The zero-order valence-electron chi connectivity index (χ0n) is 10.5. The van der Waals surface area contributed by atoms with Gasteiger partial charge >= 0.3 is 0 Å². The predicted octanol–water partition coefficient (Wildman–Crippen LogP) is 4.14. The van der Waals surface area contributed by atoms with E-state index in [1.807, 2.05) is 0 Å². The van der Waals surface area contributed by atoms with Crippen LogP contribution >= 0.6 is 11.3 Å². The minimum absolute atomic E-state index is 0.648. The van der Waals surface area contributed by atoms with Crippen LogP contribution in [-0.2, 0) is 0 Å². The van der Waals surface area contributed by atoms with E-state index in [4.69, 9.17) is 0 Å². The average molecular weight is 238 g/mol. The molecule has 1 N–H and O–H groups in total. The highest BCUT2D eigenvalue weighted by atomic mass is 32.1. The molecule has 2 rings (SSSR count). The van der Waals surface area contributed by atoms with Crippen LogP contribution in [0.25, 0.3) is 0 Å². The van der Waals surface area contributed by atoms with E-state index in [2.05, 4.69) is 31.1 Å². The van der Waals surface area contributed by atoms with Crippen molar-refractivity contribution >= 4 is 16.5 Å². The molecule has 1 fully saturated rings. The highest BCUT2D eigenvalue weighted by Crippen LogP contribution is 2.27. The van der Waals surface area contributed by atoms with Crippen LogP contribution in [0.4, 0.5) is 5.13 Å². The summed E-state index contributed by atoms with van der Waals surface area (Å²) in [6.07, 6.45) is 6.73. The minimum Gasteiger partial charge on any atom is -0.359 e. The second-order valence-electron chi connectivity index (χ2n) is 5.12. The van der Waals surface area contributed by atoms with Crippen molar-refractivity contribution in [3.8, 4) is 0 Å². The molecular formula is C13H22N2S. The zero-order chi connectivity index (χ0) is 11.5. The molecule has 1 aromatic rings. The maximum atomic E-state index is 4.56. The monoisotopic (exact) mass is 238 g/mol. The van der Waals surface area contributed by atoms with Gasteiger partial charge in [0.15, 0.2) is 5.13 Å². The third-order valence-electron chi connectivity index (χ3n) is 3.61. The van der Waals surface area contributed by atoms with E-state index in [1.165, 1.54) is 42.7 Å². The molecular weight excluding hydrogens is 216 g/mol. The number of hydrogen-bond acceptors (Lipinski definition) is 3. The Bertz CT molecular complexity index is 326. The van der Waals surface area contributed by atoms with E-state index in [0.29, 0.717) is 6.04 Å². The first-order valence-corrected chi connectivity index (χ1v) is 7.17. The van der Waals surface area contributed by atoms with Crippen molar-refractivity contribution in [3.63, 3.8) is 0 Å². The van der Waals surface area contributed by atoms with E-state index in [1.54, 1.807) is 11.3 Å². The number of aryl methyl sites for hydroxylation is 2. The number of rotatable bonds is 2. The van der Waals surface area contributed by atoms with Crippen LogP contribution in [0.5, 0.6) is 0 Å². The lowest BCUT2D eigenvalue weighted by Crippen LogP contribution is -2.18. The molecule has 90 valence electrons. The summed E-state index contributed by atoms with van der Waals surface area (Å²) in [7, 11) is 0. The van der Waals surface area contributed by atoms with Gasteiger partial charge in [-0.25, -0.2) is 4.98 Å². The Balaban J connectivity index is 1.93. The van der Waals surface area contributed by atoms with Crippen molar-refractivity contribution in [2.75, 3.05) is 5.32 Å². The fourth-order valence-electron chi connectivity index (χ4n) is 2.34. The van der Waals surface area contributed by atoms with Crippen molar-refractivity contribution in [3.05, 3.63) is 10.6 Å². The molecule has 0 spiro atoms. The molecule has 0 amide bonds. The van der Waals surface area contributed by atoms with Crippen LogP contribution in [-0.4, -0.2) is 11.0 Å². The van der Waals surface area contributed by atoms with E-state index in [9.17, 15) is 0 Å². The Labute approximate surface area is 102 Å². The molecule has 1 aliphatic rings. The fourth-order valence-corrected chi connectivity index (χ4v) is 3.23. The molecule has 1 heterocycles. The van der Waals surface area contributed by atoms with Crippen LogP contribution in [0.15, 0.2) is 0 Å². The number of nitrogens with zero attached hydrogens (tertiary/aromatic N) is 1. The SMILES string of the molecule is Cc1nc(NC2CCCC(C)CC2)sc1C. The molecule has 0 radical (unpaired) electrons. The van der Waals surface area contributed by atoms with E-state index in [-0.39, 0.29) is 0 Å². The number of thiazole rings is 1. The summed E-state index contributed by atoms with van der Waals surface area (Å²) in [5.74, 6) is 0.909. The Kier molecular flexibility index (Phi) is 3.85. The van der Waals surface area contributed by atoms with Gasteiger partial charge in [-0.15, -0.1) is 11.3 Å². The van der Waals surface area contributed by atoms with Gasteiger partial charge in [-0.05, 0) is 39.0 Å². The number of hydrogen-bond donors (Lipinski definition) is 1. The number of aromatic nitrogens is 1. The molecule has 1 aliphatic carbocycles. The summed E-state index contributed by atoms with van der Waals surface area (Å²) in [6.45, 7) is 6.61. The van der Waals surface area contributed by atoms with Crippen molar-refractivity contribution in [1.29, 1.82) is 0 Å². The fraction of sp³-hybridized carbons (Fsp3) is 0.769. The Hall–Kier alpha value is -0.570. The van der Waals surface area contributed by atoms with Crippen molar-refractivity contribution in [2.24, 2.45) is 5.92 Å². The molecule has 0 saturated heterocycles. The smallest absolute Gasteiger partial charge is 0.183 e. The Morgan fingerprint density at radius 2 is 2.00 bits per heavy atom. The van der Waals surface area contributed by atoms with Gasteiger partial charge in [0.1, 0.15) is 0 Å².